The summed E-state index contributed by atoms with van der Waals surface area (Å²) in [4.78, 5) is 29.7. The highest BCUT2D eigenvalue weighted by Crippen LogP contribution is 2.23. The SMILES string of the molecule is Cc1cccc(C(CNC(=O)C2CC(=O)N(CCc3ccccc3)C2)N2CCOCC2)c1. The molecule has 2 aromatic rings. The van der Waals surface area contributed by atoms with Gasteiger partial charge in [-0.05, 0) is 24.5 Å². The molecule has 2 amide bonds. The van der Waals surface area contributed by atoms with E-state index in [1.165, 1.54) is 16.7 Å². The van der Waals surface area contributed by atoms with E-state index < -0.39 is 0 Å². The highest BCUT2D eigenvalue weighted by molar-refractivity contribution is 5.89. The lowest BCUT2D eigenvalue weighted by Gasteiger charge is -2.35. The normalized spacial score (nSPS) is 20.3. The topological polar surface area (TPSA) is 61.9 Å². The summed E-state index contributed by atoms with van der Waals surface area (Å²) in [6.07, 6.45) is 1.11. The molecule has 2 aliphatic heterocycles. The van der Waals surface area contributed by atoms with Gasteiger partial charge in [-0.25, -0.2) is 0 Å². The second-order valence-corrected chi connectivity index (χ2v) is 8.80. The first-order valence-electron chi connectivity index (χ1n) is 11.6. The number of hydrogen-bond acceptors (Lipinski definition) is 4. The fourth-order valence-electron chi connectivity index (χ4n) is 4.64. The number of hydrogen-bond donors (Lipinski definition) is 1. The van der Waals surface area contributed by atoms with Crippen LogP contribution in [0.25, 0.3) is 0 Å². The molecule has 0 radical (unpaired) electrons. The number of carbonyl (C=O) groups is 2. The lowest BCUT2D eigenvalue weighted by Crippen LogP contribution is -2.45. The standard InChI is InChI=1S/C26H33N3O3/c1-20-6-5-9-22(16-20)24(28-12-14-32-15-13-28)18-27-26(31)23-17-25(30)29(19-23)11-10-21-7-3-2-4-8-21/h2-9,16,23-24H,10-15,17-19H2,1H3,(H,27,31). The minimum absolute atomic E-state index is 0.0218. The molecule has 0 aliphatic carbocycles. The van der Waals surface area contributed by atoms with Gasteiger partial charge in [0.05, 0.1) is 25.2 Å². The number of ether oxygens (including phenoxy) is 1. The van der Waals surface area contributed by atoms with Gasteiger partial charge in [0.2, 0.25) is 11.8 Å². The predicted octanol–water partition coefficient (Wildman–Crippen LogP) is 2.58. The Hall–Kier alpha value is -2.70. The van der Waals surface area contributed by atoms with Crippen molar-refractivity contribution in [3.8, 4) is 0 Å². The van der Waals surface area contributed by atoms with Crippen molar-refractivity contribution in [2.75, 3.05) is 45.9 Å². The van der Waals surface area contributed by atoms with Gasteiger partial charge in [-0.1, -0.05) is 60.2 Å². The summed E-state index contributed by atoms with van der Waals surface area (Å²) < 4.78 is 5.52. The zero-order valence-electron chi connectivity index (χ0n) is 18.8. The summed E-state index contributed by atoms with van der Waals surface area (Å²) in [7, 11) is 0. The fourth-order valence-corrected chi connectivity index (χ4v) is 4.64. The molecule has 2 aromatic carbocycles. The van der Waals surface area contributed by atoms with Gasteiger partial charge < -0.3 is 15.0 Å². The molecule has 2 aliphatic rings. The Morgan fingerprint density at radius 2 is 1.91 bits per heavy atom. The number of nitrogens with zero attached hydrogens (tertiary/aromatic N) is 2. The van der Waals surface area contributed by atoms with Gasteiger partial charge >= 0.3 is 0 Å². The van der Waals surface area contributed by atoms with E-state index in [4.69, 9.17) is 4.74 Å². The average molecular weight is 436 g/mol. The van der Waals surface area contributed by atoms with Crippen molar-refractivity contribution in [2.45, 2.75) is 25.8 Å². The van der Waals surface area contributed by atoms with Crippen LogP contribution in [0.5, 0.6) is 0 Å². The lowest BCUT2D eigenvalue weighted by molar-refractivity contribution is -0.129. The molecule has 4 rings (SSSR count). The first-order valence-corrected chi connectivity index (χ1v) is 11.6. The van der Waals surface area contributed by atoms with Crippen molar-refractivity contribution < 1.29 is 14.3 Å². The zero-order chi connectivity index (χ0) is 22.3. The van der Waals surface area contributed by atoms with Gasteiger partial charge in [-0.2, -0.15) is 0 Å². The van der Waals surface area contributed by atoms with Crippen molar-refractivity contribution in [1.82, 2.24) is 15.1 Å². The monoisotopic (exact) mass is 435 g/mol. The van der Waals surface area contributed by atoms with Crippen molar-refractivity contribution in [3.63, 3.8) is 0 Å². The van der Waals surface area contributed by atoms with E-state index >= 15 is 0 Å². The first kappa shape index (κ1) is 22.5. The van der Waals surface area contributed by atoms with Gasteiger partial charge in [0, 0.05) is 39.1 Å². The zero-order valence-corrected chi connectivity index (χ0v) is 18.8. The summed E-state index contributed by atoms with van der Waals surface area (Å²) in [5.41, 5.74) is 3.63. The molecule has 1 N–H and O–H groups in total. The maximum Gasteiger partial charge on any atom is 0.225 e. The molecule has 0 spiro atoms. The number of nitrogens with one attached hydrogen (secondary N) is 1. The fraction of sp³-hybridized carbons (Fsp3) is 0.462. The molecule has 2 atom stereocenters. The third-order valence-corrected chi connectivity index (χ3v) is 6.48. The molecule has 170 valence electrons. The summed E-state index contributed by atoms with van der Waals surface area (Å²) in [6.45, 7) is 6.92. The lowest BCUT2D eigenvalue weighted by atomic mass is 10.0. The molecular weight excluding hydrogens is 402 g/mol. The number of benzene rings is 2. The number of carbonyl (C=O) groups excluding carboxylic acids is 2. The maximum atomic E-state index is 13.0. The Morgan fingerprint density at radius 3 is 2.66 bits per heavy atom. The molecule has 2 unspecified atom stereocenters. The quantitative estimate of drug-likeness (QED) is 0.692. The number of aryl methyl sites for hydroxylation is 1. The summed E-state index contributed by atoms with van der Waals surface area (Å²) in [6, 6.07) is 18.7. The number of morpholine rings is 1. The third kappa shape index (κ3) is 5.75. The van der Waals surface area contributed by atoms with Gasteiger partial charge in [0.1, 0.15) is 0 Å². The van der Waals surface area contributed by atoms with Crippen molar-refractivity contribution in [3.05, 3.63) is 71.3 Å². The van der Waals surface area contributed by atoms with Crippen LogP contribution in [0.4, 0.5) is 0 Å². The molecule has 0 aromatic heterocycles. The van der Waals surface area contributed by atoms with Crippen LogP contribution in [-0.4, -0.2) is 67.6 Å². The third-order valence-electron chi connectivity index (χ3n) is 6.48. The van der Waals surface area contributed by atoms with Gasteiger partial charge in [0.25, 0.3) is 0 Å². The predicted molar refractivity (Wildman–Crippen MR) is 124 cm³/mol. The molecule has 6 nitrogen and oxygen atoms in total. The Labute approximate surface area is 190 Å². The Balaban J connectivity index is 1.34. The van der Waals surface area contributed by atoms with E-state index in [0.717, 1.165) is 19.5 Å². The van der Waals surface area contributed by atoms with E-state index in [1.54, 1.807) is 0 Å². The number of amides is 2. The minimum atomic E-state index is -0.277. The second kappa shape index (κ2) is 10.7. The Bertz CT molecular complexity index is 912. The van der Waals surface area contributed by atoms with Crippen LogP contribution in [0.2, 0.25) is 0 Å². The molecule has 0 saturated carbocycles. The summed E-state index contributed by atoms with van der Waals surface area (Å²) in [5, 5.41) is 3.15. The molecule has 0 bridgehead atoms. The summed E-state index contributed by atoms with van der Waals surface area (Å²) >= 11 is 0. The smallest absolute Gasteiger partial charge is 0.225 e. The average Bonchev–Trinajstić information content (AvgIpc) is 3.20. The number of rotatable bonds is 8. The van der Waals surface area contributed by atoms with Crippen molar-refractivity contribution >= 4 is 11.8 Å². The van der Waals surface area contributed by atoms with Gasteiger partial charge in [0.15, 0.2) is 0 Å². The van der Waals surface area contributed by atoms with Gasteiger partial charge in [-0.3, -0.25) is 14.5 Å². The Kier molecular flexibility index (Phi) is 7.55. The van der Waals surface area contributed by atoms with E-state index in [-0.39, 0.29) is 23.8 Å². The van der Waals surface area contributed by atoms with Crippen LogP contribution in [-0.2, 0) is 20.7 Å². The Morgan fingerprint density at radius 1 is 1.12 bits per heavy atom. The molecule has 32 heavy (non-hydrogen) atoms. The van der Waals surface area contributed by atoms with Crippen LogP contribution in [0.1, 0.15) is 29.2 Å². The maximum absolute atomic E-state index is 13.0. The van der Waals surface area contributed by atoms with Crippen LogP contribution in [0.15, 0.2) is 54.6 Å². The summed E-state index contributed by atoms with van der Waals surface area (Å²) in [5.74, 6) is -0.225. The first-order chi connectivity index (χ1) is 15.6. The van der Waals surface area contributed by atoms with E-state index in [0.29, 0.717) is 39.3 Å². The van der Waals surface area contributed by atoms with Crippen molar-refractivity contribution in [1.29, 1.82) is 0 Å². The minimum Gasteiger partial charge on any atom is -0.379 e. The molecule has 2 heterocycles. The molecule has 2 saturated heterocycles. The van der Waals surface area contributed by atoms with Crippen LogP contribution in [0, 0.1) is 12.8 Å². The van der Waals surface area contributed by atoms with E-state index in [9.17, 15) is 9.59 Å². The molecular formula is C26H33N3O3. The highest BCUT2D eigenvalue weighted by Gasteiger charge is 2.34. The molecule has 6 heteroatoms. The van der Waals surface area contributed by atoms with Gasteiger partial charge in [-0.15, -0.1) is 0 Å². The second-order valence-electron chi connectivity index (χ2n) is 8.80. The highest BCUT2D eigenvalue weighted by atomic mass is 16.5. The van der Waals surface area contributed by atoms with Crippen molar-refractivity contribution in [2.24, 2.45) is 5.92 Å². The van der Waals surface area contributed by atoms with E-state index in [1.807, 2.05) is 23.1 Å². The van der Waals surface area contributed by atoms with E-state index in [2.05, 4.69) is 53.5 Å². The van der Waals surface area contributed by atoms with Crippen LogP contribution < -0.4 is 5.32 Å². The largest absolute Gasteiger partial charge is 0.379 e. The molecule has 2 fully saturated rings. The number of likely N-dealkylation sites (tertiary alicyclic amines) is 1. The van der Waals surface area contributed by atoms with Crippen LogP contribution >= 0.6 is 0 Å². The van der Waals surface area contributed by atoms with Crippen LogP contribution in [0.3, 0.4) is 0 Å².